The lowest BCUT2D eigenvalue weighted by Gasteiger charge is -2.04. The van der Waals surface area contributed by atoms with Gasteiger partial charge in [-0.25, -0.2) is 0 Å². The van der Waals surface area contributed by atoms with Crippen LogP contribution in [0.25, 0.3) is 0 Å². The quantitative estimate of drug-likeness (QED) is 0.684. The van der Waals surface area contributed by atoms with E-state index in [4.69, 9.17) is 5.73 Å². The lowest BCUT2D eigenvalue weighted by molar-refractivity contribution is -0.119. The van der Waals surface area contributed by atoms with Crippen LogP contribution >= 0.6 is 0 Å². The zero-order valence-electron chi connectivity index (χ0n) is 9.69. The Balaban J connectivity index is 2.11. The Kier molecular flexibility index (Phi) is 5.79. The molecule has 0 unspecified atom stereocenters. The first-order valence-corrected chi connectivity index (χ1v) is 5.62. The molecule has 0 aliphatic heterocycles. The number of carbonyl (C=O) groups excluding carboxylic acids is 2. The van der Waals surface area contributed by atoms with E-state index in [0.29, 0.717) is 25.8 Å². The summed E-state index contributed by atoms with van der Waals surface area (Å²) in [6.45, 7) is 0.479. The van der Waals surface area contributed by atoms with Crippen molar-refractivity contribution >= 4 is 11.8 Å². The zero-order valence-corrected chi connectivity index (χ0v) is 9.69. The van der Waals surface area contributed by atoms with Crippen molar-refractivity contribution in [2.75, 3.05) is 6.54 Å². The Morgan fingerprint density at radius 1 is 1.24 bits per heavy atom. The average molecular weight is 233 g/mol. The molecule has 17 heavy (non-hydrogen) atoms. The molecule has 0 aromatic heterocycles. The van der Waals surface area contributed by atoms with Crippen LogP contribution in [0.3, 0.4) is 0 Å². The van der Waals surface area contributed by atoms with E-state index in [1.807, 2.05) is 30.3 Å². The smallest absolute Gasteiger partial charge is 0.224 e. The molecule has 4 nitrogen and oxygen atoms in total. The van der Waals surface area contributed by atoms with E-state index >= 15 is 0 Å². The van der Waals surface area contributed by atoms with Crippen molar-refractivity contribution in [2.24, 2.45) is 5.73 Å². The van der Waals surface area contributed by atoms with E-state index in [1.165, 1.54) is 0 Å². The average Bonchev–Trinajstić information content (AvgIpc) is 2.33. The van der Waals surface area contributed by atoms with Crippen molar-refractivity contribution in [3.63, 3.8) is 0 Å². The molecule has 2 amide bonds. The molecule has 0 fully saturated rings. The Labute approximate surface area is 101 Å². The maximum atomic E-state index is 11.4. The molecule has 91 valence electrons. The highest BCUT2D eigenvalue weighted by Crippen LogP contribution is 2.01. The third-order valence-electron chi connectivity index (χ3n) is 2.27. The minimum Gasteiger partial charge on any atom is -0.370 e. The fourth-order valence-corrected chi connectivity index (χ4v) is 1.37. The van der Waals surface area contributed by atoms with Gasteiger partial charge in [0.1, 0.15) is 0 Å². The molecule has 1 radical (unpaired) electrons. The number of primary amides is 1. The summed E-state index contributed by atoms with van der Waals surface area (Å²) in [7, 11) is 0. The van der Waals surface area contributed by atoms with Crippen molar-refractivity contribution in [3.8, 4) is 0 Å². The molecule has 1 aromatic rings. The number of hydrogen-bond donors (Lipinski definition) is 2. The van der Waals surface area contributed by atoms with Gasteiger partial charge in [-0.15, -0.1) is 0 Å². The van der Waals surface area contributed by atoms with Gasteiger partial charge in [0.05, 0.1) is 6.42 Å². The van der Waals surface area contributed by atoms with Crippen LogP contribution in [-0.2, 0) is 16.0 Å². The first-order chi connectivity index (χ1) is 8.18. The number of rotatable bonds is 7. The minimum atomic E-state index is -0.340. The Bertz CT molecular complexity index is 363. The van der Waals surface area contributed by atoms with Gasteiger partial charge in [-0.05, 0) is 18.4 Å². The first-order valence-electron chi connectivity index (χ1n) is 5.62. The Hall–Kier alpha value is -1.84. The van der Waals surface area contributed by atoms with Gasteiger partial charge < -0.3 is 11.1 Å². The van der Waals surface area contributed by atoms with E-state index in [-0.39, 0.29) is 11.8 Å². The molecule has 0 aliphatic carbocycles. The second-order valence-corrected chi connectivity index (χ2v) is 3.75. The van der Waals surface area contributed by atoms with E-state index in [1.54, 1.807) is 6.42 Å². The van der Waals surface area contributed by atoms with Crippen molar-refractivity contribution < 1.29 is 9.59 Å². The number of nitrogens with two attached hydrogens (primary N) is 1. The predicted octanol–water partition coefficient (Wildman–Crippen LogP) is 0.815. The second kappa shape index (κ2) is 7.44. The highest BCUT2D eigenvalue weighted by atomic mass is 16.2. The van der Waals surface area contributed by atoms with E-state index in [0.717, 1.165) is 5.56 Å². The largest absolute Gasteiger partial charge is 0.370 e. The number of carbonyl (C=O) groups is 2. The topological polar surface area (TPSA) is 72.2 Å². The van der Waals surface area contributed by atoms with Crippen LogP contribution < -0.4 is 11.1 Å². The summed E-state index contributed by atoms with van der Waals surface area (Å²) in [4.78, 5) is 21.8. The summed E-state index contributed by atoms with van der Waals surface area (Å²) in [6, 6.07) is 9.75. The first kappa shape index (κ1) is 13.2. The van der Waals surface area contributed by atoms with Gasteiger partial charge in [-0.3, -0.25) is 9.59 Å². The summed E-state index contributed by atoms with van der Waals surface area (Å²) < 4.78 is 0. The summed E-state index contributed by atoms with van der Waals surface area (Å²) in [5.74, 6) is -0.453. The van der Waals surface area contributed by atoms with Gasteiger partial charge >= 0.3 is 0 Å². The minimum absolute atomic E-state index is 0.113. The normalized spacial score (nSPS) is 9.88. The van der Waals surface area contributed by atoms with Crippen molar-refractivity contribution in [1.29, 1.82) is 0 Å². The predicted molar refractivity (Wildman–Crippen MR) is 65.9 cm³/mol. The highest BCUT2D eigenvalue weighted by molar-refractivity contribution is 5.84. The van der Waals surface area contributed by atoms with Crippen LogP contribution in [0.4, 0.5) is 0 Å². The second-order valence-electron chi connectivity index (χ2n) is 3.75. The van der Waals surface area contributed by atoms with Crippen LogP contribution in [0.2, 0.25) is 0 Å². The number of hydrogen-bond acceptors (Lipinski definition) is 2. The van der Waals surface area contributed by atoms with Crippen LogP contribution in [0.1, 0.15) is 18.4 Å². The van der Waals surface area contributed by atoms with Gasteiger partial charge in [-0.2, -0.15) is 0 Å². The maximum Gasteiger partial charge on any atom is 0.224 e. The molecule has 0 aliphatic rings. The van der Waals surface area contributed by atoms with Crippen molar-refractivity contribution in [2.45, 2.75) is 19.3 Å². The Morgan fingerprint density at radius 3 is 2.59 bits per heavy atom. The zero-order chi connectivity index (χ0) is 12.5. The molecule has 0 saturated heterocycles. The molecule has 1 rings (SSSR count). The third kappa shape index (κ3) is 6.35. The molecule has 0 atom stereocenters. The number of benzene rings is 1. The molecular formula is C13H17N2O2. The van der Waals surface area contributed by atoms with Gasteiger partial charge in [0.25, 0.3) is 0 Å². The maximum absolute atomic E-state index is 11.4. The van der Waals surface area contributed by atoms with Crippen molar-refractivity contribution in [3.05, 3.63) is 42.3 Å². The van der Waals surface area contributed by atoms with E-state index in [9.17, 15) is 9.59 Å². The standard InChI is InChI=1S/C13H17N2O2/c14-12(16)7-4-10-15-13(17)9-8-11-5-2-1-3-6-11/h1-3,5-6,9H,4,7-8,10H2,(H2,14,16)(H,15,17). The molecule has 0 heterocycles. The molecule has 1 aromatic carbocycles. The van der Waals surface area contributed by atoms with Gasteiger partial charge in [-0.1, -0.05) is 30.3 Å². The molecule has 4 heteroatoms. The lowest BCUT2D eigenvalue weighted by Crippen LogP contribution is -2.26. The van der Waals surface area contributed by atoms with E-state index < -0.39 is 0 Å². The third-order valence-corrected chi connectivity index (χ3v) is 2.27. The molecular weight excluding hydrogens is 216 g/mol. The highest BCUT2D eigenvalue weighted by Gasteiger charge is 2.02. The summed E-state index contributed by atoms with van der Waals surface area (Å²) in [6.07, 6.45) is 3.10. The Morgan fingerprint density at radius 2 is 1.94 bits per heavy atom. The van der Waals surface area contributed by atoms with Gasteiger partial charge in [0.15, 0.2) is 0 Å². The van der Waals surface area contributed by atoms with Crippen LogP contribution in [0.5, 0.6) is 0 Å². The summed E-state index contributed by atoms with van der Waals surface area (Å²) in [5.41, 5.74) is 6.08. The van der Waals surface area contributed by atoms with Crippen LogP contribution in [-0.4, -0.2) is 18.4 Å². The number of amides is 2. The van der Waals surface area contributed by atoms with Crippen molar-refractivity contribution in [1.82, 2.24) is 5.32 Å². The summed E-state index contributed by atoms with van der Waals surface area (Å²) in [5, 5.41) is 2.71. The number of nitrogens with one attached hydrogen (secondary N) is 1. The molecule has 0 saturated carbocycles. The molecule has 3 N–H and O–H groups in total. The van der Waals surface area contributed by atoms with Gasteiger partial charge in [0.2, 0.25) is 11.8 Å². The fourth-order valence-electron chi connectivity index (χ4n) is 1.37. The van der Waals surface area contributed by atoms with E-state index in [2.05, 4.69) is 5.32 Å². The fraction of sp³-hybridized carbons (Fsp3) is 0.308. The molecule has 0 bridgehead atoms. The summed E-state index contributed by atoms with van der Waals surface area (Å²) >= 11 is 0. The monoisotopic (exact) mass is 233 g/mol. The SMILES string of the molecule is NC(=O)CCCNC(=O)[CH]Cc1ccccc1. The van der Waals surface area contributed by atoms with Gasteiger partial charge in [0, 0.05) is 13.0 Å². The molecule has 0 spiro atoms. The van der Waals surface area contributed by atoms with Crippen LogP contribution in [0.15, 0.2) is 30.3 Å². The lowest BCUT2D eigenvalue weighted by atomic mass is 10.1. The van der Waals surface area contributed by atoms with Crippen LogP contribution in [0, 0.1) is 6.42 Å².